The Morgan fingerprint density at radius 2 is 1.81 bits per heavy atom. The third kappa shape index (κ3) is 2.46. The number of benzene rings is 1. The molecule has 0 spiro atoms. The Morgan fingerprint density at radius 1 is 1.10 bits per heavy atom. The van der Waals surface area contributed by atoms with Gasteiger partial charge in [-0.25, -0.2) is 8.42 Å². The molecular formula is C17H20O3S. The molecule has 21 heavy (non-hydrogen) atoms. The van der Waals surface area contributed by atoms with Crippen molar-refractivity contribution in [3.63, 3.8) is 0 Å². The SMILES string of the molecule is C=C1C[C@@H](S(=O)(=O)c2ccccc2)[C@@H]2CCCCC(=O)C12. The molecule has 3 rings (SSSR count). The first-order chi connectivity index (χ1) is 10.0. The zero-order valence-electron chi connectivity index (χ0n) is 12.0. The predicted molar refractivity (Wildman–Crippen MR) is 81.6 cm³/mol. The molecule has 3 nitrogen and oxygen atoms in total. The number of fused-ring (bicyclic) bond motifs is 1. The molecule has 0 amide bonds. The summed E-state index contributed by atoms with van der Waals surface area (Å²) in [5.74, 6) is -0.137. The second-order valence-electron chi connectivity index (χ2n) is 6.11. The summed E-state index contributed by atoms with van der Waals surface area (Å²) in [6, 6.07) is 8.58. The van der Waals surface area contributed by atoms with Crippen LogP contribution in [0.25, 0.3) is 0 Å². The number of carbonyl (C=O) groups is 1. The number of carbonyl (C=O) groups excluding carboxylic acids is 1. The number of sulfone groups is 1. The molecular weight excluding hydrogens is 284 g/mol. The number of hydrogen-bond acceptors (Lipinski definition) is 3. The van der Waals surface area contributed by atoms with Crippen LogP contribution in [-0.4, -0.2) is 19.5 Å². The van der Waals surface area contributed by atoms with Crippen LogP contribution in [-0.2, 0) is 14.6 Å². The maximum Gasteiger partial charge on any atom is 0.181 e. The number of allylic oxidation sites excluding steroid dienone is 1. The maximum atomic E-state index is 12.9. The molecule has 0 N–H and O–H groups in total. The molecule has 0 heterocycles. The molecule has 0 radical (unpaired) electrons. The third-order valence-electron chi connectivity index (χ3n) is 4.84. The fourth-order valence-corrected chi connectivity index (χ4v) is 5.91. The molecule has 3 atom stereocenters. The highest BCUT2D eigenvalue weighted by molar-refractivity contribution is 7.92. The van der Waals surface area contributed by atoms with Gasteiger partial charge in [0.15, 0.2) is 9.84 Å². The molecule has 2 fully saturated rings. The van der Waals surface area contributed by atoms with Crippen molar-refractivity contribution in [1.82, 2.24) is 0 Å². The zero-order valence-corrected chi connectivity index (χ0v) is 12.8. The predicted octanol–water partition coefficient (Wildman–Crippen LogP) is 3.16. The van der Waals surface area contributed by atoms with Crippen molar-refractivity contribution in [1.29, 1.82) is 0 Å². The standard InChI is InChI=1S/C17H20O3S/c1-12-11-16(14-9-5-6-10-15(18)17(12)14)21(19,20)13-7-3-2-4-8-13/h2-4,7-8,14,16-17H,1,5-6,9-11H2/t14-,16+,17?/m0/s1. The van der Waals surface area contributed by atoms with Crippen LogP contribution >= 0.6 is 0 Å². The molecule has 0 saturated heterocycles. The quantitative estimate of drug-likeness (QED) is 0.789. The Balaban J connectivity index is 1.99. The van der Waals surface area contributed by atoms with Crippen LogP contribution in [0, 0.1) is 11.8 Å². The first-order valence-electron chi connectivity index (χ1n) is 7.51. The molecule has 1 unspecified atom stereocenters. The van der Waals surface area contributed by atoms with E-state index in [9.17, 15) is 13.2 Å². The van der Waals surface area contributed by atoms with E-state index in [-0.39, 0.29) is 17.6 Å². The Bertz CT molecular complexity index is 661. The normalized spacial score (nSPS) is 30.0. The van der Waals surface area contributed by atoms with Gasteiger partial charge in [-0.1, -0.05) is 36.8 Å². The molecule has 2 aliphatic rings. The van der Waals surface area contributed by atoms with Gasteiger partial charge in [0.1, 0.15) is 5.78 Å². The Hall–Kier alpha value is -1.42. The lowest BCUT2D eigenvalue weighted by atomic mass is 9.88. The zero-order chi connectivity index (χ0) is 15.0. The Kier molecular flexibility index (Phi) is 3.74. The van der Waals surface area contributed by atoms with Crippen molar-refractivity contribution in [2.75, 3.05) is 0 Å². The molecule has 0 bridgehead atoms. The fraction of sp³-hybridized carbons (Fsp3) is 0.471. The summed E-state index contributed by atoms with van der Waals surface area (Å²) in [5.41, 5.74) is 0.816. The van der Waals surface area contributed by atoms with Crippen molar-refractivity contribution < 1.29 is 13.2 Å². The molecule has 1 aromatic carbocycles. The van der Waals surface area contributed by atoms with Crippen LogP contribution in [0.1, 0.15) is 32.1 Å². The fourth-order valence-electron chi connectivity index (χ4n) is 3.83. The second-order valence-corrected chi connectivity index (χ2v) is 8.28. The largest absolute Gasteiger partial charge is 0.299 e. The molecule has 2 saturated carbocycles. The van der Waals surface area contributed by atoms with E-state index in [1.54, 1.807) is 24.3 Å². The van der Waals surface area contributed by atoms with Gasteiger partial charge in [-0.05, 0) is 37.3 Å². The van der Waals surface area contributed by atoms with Crippen LogP contribution < -0.4 is 0 Å². The van der Waals surface area contributed by atoms with Gasteiger partial charge in [-0.3, -0.25) is 4.79 Å². The van der Waals surface area contributed by atoms with E-state index in [0.717, 1.165) is 24.8 Å². The average molecular weight is 304 g/mol. The Morgan fingerprint density at radius 3 is 2.52 bits per heavy atom. The van der Waals surface area contributed by atoms with Crippen molar-refractivity contribution in [2.24, 2.45) is 11.8 Å². The number of Topliss-reactive ketones (excluding diaryl/α,β-unsaturated/α-hetero) is 1. The lowest BCUT2D eigenvalue weighted by molar-refractivity contribution is -0.122. The molecule has 0 aromatic heterocycles. The van der Waals surface area contributed by atoms with E-state index >= 15 is 0 Å². The first kappa shape index (κ1) is 14.5. The molecule has 2 aliphatic carbocycles. The van der Waals surface area contributed by atoms with E-state index < -0.39 is 15.1 Å². The number of rotatable bonds is 2. The highest BCUT2D eigenvalue weighted by Crippen LogP contribution is 2.46. The number of hydrogen-bond donors (Lipinski definition) is 0. The third-order valence-corrected chi connectivity index (χ3v) is 7.08. The van der Waals surface area contributed by atoms with Crippen LogP contribution in [0.4, 0.5) is 0 Å². The topological polar surface area (TPSA) is 51.2 Å². The summed E-state index contributed by atoms with van der Waals surface area (Å²) in [7, 11) is -3.39. The summed E-state index contributed by atoms with van der Waals surface area (Å²) in [5, 5.41) is -0.487. The highest BCUT2D eigenvalue weighted by Gasteiger charge is 2.48. The van der Waals surface area contributed by atoms with Crippen molar-refractivity contribution in [3.8, 4) is 0 Å². The van der Waals surface area contributed by atoms with Gasteiger partial charge in [-0.2, -0.15) is 0 Å². The minimum absolute atomic E-state index is 0.0855. The van der Waals surface area contributed by atoms with Crippen LogP contribution in [0.3, 0.4) is 0 Å². The summed E-state index contributed by atoms with van der Waals surface area (Å²) in [6.07, 6.45) is 3.61. The van der Waals surface area contributed by atoms with Gasteiger partial charge < -0.3 is 0 Å². The van der Waals surface area contributed by atoms with E-state index in [1.807, 2.05) is 6.07 Å². The maximum absolute atomic E-state index is 12.9. The van der Waals surface area contributed by atoms with Gasteiger partial charge >= 0.3 is 0 Å². The number of ketones is 1. The first-order valence-corrected chi connectivity index (χ1v) is 9.06. The Labute approximate surface area is 126 Å². The van der Waals surface area contributed by atoms with E-state index in [1.165, 1.54) is 0 Å². The average Bonchev–Trinajstić information content (AvgIpc) is 2.69. The highest BCUT2D eigenvalue weighted by atomic mass is 32.2. The van der Waals surface area contributed by atoms with Gasteiger partial charge in [0.2, 0.25) is 0 Å². The van der Waals surface area contributed by atoms with Crippen molar-refractivity contribution >= 4 is 15.6 Å². The summed E-state index contributed by atoms with van der Waals surface area (Å²) in [4.78, 5) is 12.6. The van der Waals surface area contributed by atoms with Crippen molar-refractivity contribution in [2.45, 2.75) is 42.2 Å². The van der Waals surface area contributed by atoms with E-state index in [2.05, 4.69) is 6.58 Å². The minimum Gasteiger partial charge on any atom is -0.299 e. The van der Waals surface area contributed by atoms with Crippen molar-refractivity contribution in [3.05, 3.63) is 42.5 Å². The van der Waals surface area contributed by atoms with Gasteiger partial charge in [0.25, 0.3) is 0 Å². The van der Waals surface area contributed by atoms with Crippen LogP contribution in [0.15, 0.2) is 47.4 Å². The molecule has 4 heteroatoms. The monoisotopic (exact) mass is 304 g/mol. The minimum atomic E-state index is -3.39. The van der Waals surface area contributed by atoms with E-state index in [4.69, 9.17) is 0 Å². The van der Waals surface area contributed by atoms with Gasteiger partial charge in [0.05, 0.1) is 10.1 Å². The van der Waals surface area contributed by atoms with Gasteiger partial charge in [0, 0.05) is 12.3 Å². The second kappa shape index (κ2) is 5.41. The summed E-state index contributed by atoms with van der Waals surface area (Å²) < 4.78 is 25.8. The lowest BCUT2D eigenvalue weighted by Crippen LogP contribution is -2.30. The molecule has 1 aromatic rings. The lowest BCUT2D eigenvalue weighted by Gasteiger charge is -2.22. The smallest absolute Gasteiger partial charge is 0.181 e. The van der Waals surface area contributed by atoms with Crippen LogP contribution in [0.5, 0.6) is 0 Å². The van der Waals surface area contributed by atoms with Crippen LogP contribution in [0.2, 0.25) is 0 Å². The summed E-state index contributed by atoms with van der Waals surface area (Å²) >= 11 is 0. The van der Waals surface area contributed by atoms with E-state index in [0.29, 0.717) is 17.7 Å². The molecule has 112 valence electrons. The van der Waals surface area contributed by atoms with Gasteiger partial charge in [-0.15, -0.1) is 0 Å². The summed E-state index contributed by atoms with van der Waals surface area (Å²) in [6.45, 7) is 4.00. The molecule has 0 aliphatic heterocycles.